The number of hydrogen-bond donors (Lipinski definition) is 2. The molecule has 0 radical (unpaired) electrons. The zero-order valence-electron chi connectivity index (χ0n) is 7.82. The molecule has 13 heavy (non-hydrogen) atoms. The summed E-state index contributed by atoms with van der Waals surface area (Å²) in [6.07, 6.45) is 0.848. The highest BCUT2D eigenvalue weighted by atomic mass is 16.4. The predicted octanol–water partition coefficient (Wildman–Crippen LogP) is -0.819. The van der Waals surface area contributed by atoms with Crippen molar-refractivity contribution in [2.45, 2.75) is 6.92 Å². The summed E-state index contributed by atoms with van der Waals surface area (Å²) >= 11 is 0. The van der Waals surface area contributed by atoms with Gasteiger partial charge in [-0.15, -0.1) is 0 Å². The molecule has 0 saturated heterocycles. The number of nitrogens with zero attached hydrogens (tertiary/aromatic N) is 1. The van der Waals surface area contributed by atoms with Crippen LogP contribution in [0.4, 0.5) is 0 Å². The van der Waals surface area contributed by atoms with E-state index >= 15 is 0 Å². The van der Waals surface area contributed by atoms with Gasteiger partial charge in [-0.25, -0.2) is 0 Å². The molecule has 0 heterocycles. The molecular formula is C8H16N2O3. The maximum absolute atomic E-state index is 10.2. The molecule has 0 aliphatic heterocycles. The molecule has 0 saturated carbocycles. The van der Waals surface area contributed by atoms with Crippen molar-refractivity contribution in [1.82, 2.24) is 10.2 Å². The number of carbonyl (C=O) groups is 2. The van der Waals surface area contributed by atoms with E-state index in [9.17, 15) is 9.59 Å². The van der Waals surface area contributed by atoms with Crippen LogP contribution < -0.4 is 5.32 Å². The van der Waals surface area contributed by atoms with Crippen molar-refractivity contribution < 1.29 is 14.7 Å². The number of hydrogen-bond acceptors (Lipinski definition) is 4. The van der Waals surface area contributed by atoms with Gasteiger partial charge in [0.15, 0.2) is 0 Å². The highest BCUT2D eigenvalue weighted by Crippen LogP contribution is 1.82. The van der Waals surface area contributed by atoms with Crippen LogP contribution in [0.25, 0.3) is 0 Å². The van der Waals surface area contributed by atoms with Crippen molar-refractivity contribution in [2.75, 3.05) is 32.7 Å². The van der Waals surface area contributed by atoms with Crippen LogP contribution in [0.15, 0.2) is 0 Å². The van der Waals surface area contributed by atoms with Gasteiger partial charge in [0.1, 0.15) is 6.29 Å². The van der Waals surface area contributed by atoms with Crippen LogP contribution >= 0.6 is 0 Å². The number of carboxylic acids is 1. The fourth-order valence-corrected chi connectivity index (χ4v) is 0.916. The Morgan fingerprint density at radius 3 is 2.77 bits per heavy atom. The van der Waals surface area contributed by atoms with E-state index in [4.69, 9.17) is 5.11 Å². The van der Waals surface area contributed by atoms with Gasteiger partial charge in [-0.2, -0.15) is 0 Å². The zero-order chi connectivity index (χ0) is 10.1. The summed E-state index contributed by atoms with van der Waals surface area (Å²) < 4.78 is 0. The van der Waals surface area contributed by atoms with Crippen LogP contribution in [0.2, 0.25) is 0 Å². The molecule has 0 aromatic carbocycles. The molecule has 0 bridgehead atoms. The van der Waals surface area contributed by atoms with Gasteiger partial charge in [-0.1, -0.05) is 6.92 Å². The van der Waals surface area contributed by atoms with Gasteiger partial charge in [-0.05, 0) is 6.54 Å². The first-order valence-corrected chi connectivity index (χ1v) is 4.29. The summed E-state index contributed by atoms with van der Waals surface area (Å²) in [5, 5.41) is 11.1. The lowest BCUT2D eigenvalue weighted by atomic mass is 10.4. The molecule has 76 valence electrons. The molecule has 0 atom stereocenters. The molecular weight excluding hydrogens is 172 g/mol. The van der Waals surface area contributed by atoms with Crippen molar-refractivity contribution in [3.05, 3.63) is 0 Å². The van der Waals surface area contributed by atoms with Gasteiger partial charge in [0.05, 0.1) is 13.1 Å². The maximum Gasteiger partial charge on any atom is 0.317 e. The molecule has 0 aromatic rings. The topological polar surface area (TPSA) is 69.6 Å². The van der Waals surface area contributed by atoms with Crippen LogP contribution in [0.1, 0.15) is 6.92 Å². The fraction of sp³-hybridized carbons (Fsp3) is 0.750. The molecule has 0 fully saturated rings. The number of rotatable bonds is 8. The SMILES string of the molecule is CCN(CC=O)CCNCC(=O)O. The second-order valence-corrected chi connectivity index (χ2v) is 2.63. The van der Waals surface area contributed by atoms with Crippen LogP contribution in [0, 0.1) is 0 Å². The Kier molecular flexibility index (Phi) is 7.14. The molecule has 0 spiro atoms. The Bertz CT molecular complexity index is 161. The summed E-state index contributed by atoms with van der Waals surface area (Å²) in [5.41, 5.74) is 0. The molecule has 2 N–H and O–H groups in total. The third-order valence-electron chi connectivity index (χ3n) is 1.66. The van der Waals surface area contributed by atoms with Gasteiger partial charge < -0.3 is 15.2 Å². The Labute approximate surface area is 77.7 Å². The van der Waals surface area contributed by atoms with Gasteiger partial charge >= 0.3 is 5.97 Å². The van der Waals surface area contributed by atoms with E-state index in [1.165, 1.54) is 0 Å². The lowest BCUT2D eigenvalue weighted by molar-refractivity contribution is -0.136. The van der Waals surface area contributed by atoms with Crippen molar-refractivity contribution in [3.63, 3.8) is 0 Å². The fourth-order valence-electron chi connectivity index (χ4n) is 0.916. The molecule has 0 unspecified atom stereocenters. The summed E-state index contributed by atoms with van der Waals surface area (Å²) in [7, 11) is 0. The number of carbonyl (C=O) groups excluding carboxylic acids is 1. The predicted molar refractivity (Wildman–Crippen MR) is 48.7 cm³/mol. The molecule has 0 aliphatic rings. The molecule has 5 nitrogen and oxygen atoms in total. The quantitative estimate of drug-likeness (QED) is 0.385. The molecule has 0 amide bonds. The third kappa shape index (κ3) is 7.42. The second kappa shape index (κ2) is 7.70. The number of carboxylic acid groups (broad SMARTS) is 1. The van der Waals surface area contributed by atoms with Crippen LogP contribution in [0.5, 0.6) is 0 Å². The van der Waals surface area contributed by atoms with Gasteiger partial charge in [0.2, 0.25) is 0 Å². The summed E-state index contributed by atoms with van der Waals surface area (Å²) in [5.74, 6) is -0.863. The van der Waals surface area contributed by atoms with Crippen molar-refractivity contribution in [3.8, 4) is 0 Å². The van der Waals surface area contributed by atoms with Crippen molar-refractivity contribution in [2.24, 2.45) is 0 Å². The lowest BCUT2D eigenvalue weighted by Gasteiger charge is -2.16. The van der Waals surface area contributed by atoms with E-state index in [-0.39, 0.29) is 6.54 Å². The van der Waals surface area contributed by atoms with E-state index in [2.05, 4.69) is 5.32 Å². The molecule has 0 aromatic heterocycles. The van der Waals surface area contributed by atoms with E-state index < -0.39 is 5.97 Å². The minimum Gasteiger partial charge on any atom is -0.480 e. The van der Waals surface area contributed by atoms with Crippen molar-refractivity contribution >= 4 is 12.3 Å². The molecule has 0 aliphatic carbocycles. The van der Waals surface area contributed by atoms with Gasteiger partial charge in [0, 0.05) is 13.1 Å². The number of aldehydes is 1. The highest BCUT2D eigenvalue weighted by Gasteiger charge is 2.00. The highest BCUT2D eigenvalue weighted by molar-refractivity contribution is 5.68. The van der Waals surface area contributed by atoms with E-state index in [0.717, 1.165) is 12.8 Å². The third-order valence-corrected chi connectivity index (χ3v) is 1.66. The number of likely N-dealkylation sites (N-methyl/N-ethyl adjacent to an activating group) is 1. The monoisotopic (exact) mass is 188 g/mol. The molecule has 5 heteroatoms. The largest absolute Gasteiger partial charge is 0.480 e. The molecule has 0 rings (SSSR count). The summed E-state index contributed by atoms with van der Waals surface area (Å²) in [6, 6.07) is 0. The number of nitrogens with one attached hydrogen (secondary N) is 1. The van der Waals surface area contributed by atoms with Gasteiger partial charge in [0.25, 0.3) is 0 Å². The first kappa shape index (κ1) is 12.1. The second-order valence-electron chi connectivity index (χ2n) is 2.63. The Balaban J connectivity index is 3.37. The van der Waals surface area contributed by atoms with Crippen molar-refractivity contribution in [1.29, 1.82) is 0 Å². The average molecular weight is 188 g/mol. The van der Waals surface area contributed by atoms with E-state index in [0.29, 0.717) is 19.6 Å². The van der Waals surface area contributed by atoms with Crippen LogP contribution in [-0.2, 0) is 9.59 Å². The van der Waals surface area contributed by atoms with E-state index in [1.807, 2.05) is 11.8 Å². The first-order valence-electron chi connectivity index (χ1n) is 4.29. The first-order chi connectivity index (χ1) is 6.20. The van der Waals surface area contributed by atoms with E-state index in [1.54, 1.807) is 0 Å². The zero-order valence-corrected chi connectivity index (χ0v) is 7.82. The average Bonchev–Trinajstić information content (AvgIpc) is 2.10. The smallest absolute Gasteiger partial charge is 0.317 e. The maximum atomic E-state index is 10.2. The van der Waals surface area contributed by atoms with Gasteiger partial charge in [-0.3, -0.25) is 9.69 Å². The number of aliphatic carboxylic acids is 1. The Hall–Kier alpha value is -0.940. The normalized spacial score (nSPS) is 10.3. The van der Waals surface area contributed by atoms with Crippen LogP contribution in [0.3, 0.4) is 0 Å². The Morgan fingerprint density at radius 1 is 1.62 bits per heavy atom. The van der Waals surface area contributed by atoms with Crippen LogP contribution in [-0.4, -0.2) is 55.0 Å². The standard InChI is InChI=1S/C8H16N2O3/c1-2-10(5-6-11)4-3-9-7-8(12)13/h6,9H,2-5,7H2,1H3,(H,12,13). The minimum atomic E-state index is -0.863. The summed E-state index contributed by atoms with van der Waals surface area (Å²) in [4.78, 5) is 22.2. The Morgan fingerprint density at radius 2 is 2.31 bits per heavy atom. The summed E-state index contributed by atoms with van der Waals surface area (Å²) in [6.45, 7) is 4.43. The lowest BCUT2D eigenvalue weighted by Crippen LogP contribution is -2.35. The minimum absolute atomic E-state index is 0.0291.